The quantitative estimate of drug-likeness (QED) is 0.939. The first-order chi connectivity index (χ1) is 11.0. The van der Waals surface area contributed by atoms with Gasteiger partial charge in [-0.3, -0.25) is 4.79 Å². The zero-order chi connectivity index (χ0) is 16.4. The van der Waals surface area contributed by atoms with E-state index in [-0.39, 0.29) is 18.7 Å². The maximum Gasteiger partial charge on any atom is 0.231 e. The van der Waals surface area contributed by atoms with Gasteiger partial charge in [0, 0.05) is 0 Å². The molecule has 4 nitrogen and oxygen atoms in total. The summed E-state index contributed by atoms with van der Waals surface area (Å²) in [5.41, 5.74) is 1.40. The van der Waals surface area contributed by atoms with Crippen molar-refractivity contribution in [1.29, 1.82) is 0 Å². The Bertz CT molecular complexity index is 710. The van der Waals surface area contributed by atoms with E-state index in [1.807, 2.05) is 69.3 Å². The third-order valence-corrected chi connectivity index (χ3v) is 4.31. The standard InChI is InChI=1S/C19H21NO3/c1-13(14-9-10-16-17(11-14)23-12-22-16)20-18(21)19(2,3)15-7-5-4-6-8-15/h4-11,13H,12H2,1-3H3,(H,20,21). The Hall–Kier alpha value is -2.49. The van der Waals surface area contributed by atoms with Crippen molar-refractivity contribution in [3.63, 3.8) is 0 Å². The zero-order valence-corrected chi connectivity index (χ0v) is 13.6. The van der Waals surface area contributed by atoms with Gasteiger partial charge in [-0.1, -0.05) is 36.4 Å². The molecule has 0 bridgehead atoms. The third kappa shape index (κ3) is 3.02. The van der Waals surface area contributed by atoms with E-state index in [0.717, 1.165) is 22.6 Å². The topological polar surface area (TPSA) is 47.6 Å². The molecule has 0 fully saturated rings. The van der Waals surface area contributed by atoms with Gasteiger partial charge >= 0.3 is 0 Å². The fraction of sp³-hybridized carbons (Fsp3) is 0.316. The molecule has 1 amide bonds. The van der Waals surface area contributed by atoms with Gasteiger partial charge in [-0.15, -0.1) is 0 Å². The first-order valence-corrected chi connectivity index (χ1v) is 7.74. The number of carbonyl (C=O) groups excluding carboxylic acids is 1. The number of hydrogen-bond acceptors (Lipinski definition) is 3. The predicted octanol–water partition coefficient (Wildman–Crippen LogP) is 3.57. The largest absolute Gasteiger partial charge is 0.454 e. The van der Waals surface area contributed by atoms with Crippen molar-refractivity contribution in [2.45, 2.75) is 32.2 Å². The van der Waals surface area contributed by atoms with Gasteiger partial charge in [0.25, 0.3) is 0 Å². The first kappa shape index (κ1) is 15.4. The van der Waals surface area contributed by atoms with Crippen LogP contribution in [0.2, 0.25) is 0 Å². The van der Waals surface area contributed by atoms with Gasteiger partial charge in [0.05, 0.1) is 11.5 Å². The summed E-state index contributed by atoms with van der Waals surface area (Å²) in [5.74, 6) is 1.47. The number of amides is 1. The molecule has 0 aromatic heterocycles. The minimum atomic E-state index is -0.591. The molecule has 4 heteroatoms. The fourth-order valence-corrected chi connectivity index (χ4v) is 2.63. The van der Waals surface area contributed by atoms with Crippen LogP contribution in [-0.2, 0) is 10.2 Å². The van der Waals surface area contributed by atoms with Crippen LogP contribution in [0.1, 0.15) is 37.9 Å². The molecule has 0 aliphatic carbocycles. The molecule has 3 rings (SSSR count). The van der Waals surface area contributed by atoms with Gasteiger partial charge in [-0.2, -0.15) is 0 Å². The van der Waals surface area contributed by atoms with Crippen LogP contribution in [0.5, 0.6) is 11.5 Å². The van der Waals surface area contributed by atoms with E-state index in [1.54, 1.807) is 0 Å². The summed E-state index contributed by atoms with van der Waals surface area (Å²) < 4.78 is 10.7. The molecule has 1 N–H and O–H groups in total. The van der Waals surface area contributed by atoms with Gasteiger partial charge in [0.15, 0.2) is 11.5 Å². The molecule has 0 saturated carbocycles. The Morgan fingerprint density at radius 1 is 1.09 bits per heavy atom. The van der Waals surface area contributed by atoms with Gasteiger partial charge in [-0.25, -0.2) is 0 Å². The zero-order valence-electron chi connectivity index (χ0n) is 13.6. The highest BCUT2D eigenvalue weighted by molar-refractivity contribution is 5.87. The van der Waals surface area contributed by atoms with Gasteiger partial charge in [0.1, 0.15) is 0 Å². The van der Waals surface area contributed by atoms with E-state index in [4.69, 9.17) is 9.47 Å². The Labute approximate surface area is 136 Å². The summed E-state index contributed by atoms with van der Waals surface area (Å²) >= 11 is 0. The summed E-state index contributed by atoms with van der Waals surface area (Å²) in [6, 6.07) is 15.4. The highest BCUT2D eigenvalue weighted by atomic mass is 16.7. The van der Waals surface area contributed by atoms with Crippen LogP contribution in [0, 0.1) is 0 Å². The van der Waals surface area contributed by atoms with Crippen LogP contribution in [0.3, 0.4) is 0 Å². The van der Waals surface area contributed by atoms with Crippen LogP contribution >= 0.6 is 0 Å². The molecule has 1 atom stereocenters. The summed E-state index contributed by atoms with van der Waals surface area (Å²) in [6.45, 7) is 6.09. The number of hydrogen-bond donors (Lipinski definition) is 1. The van der Waals surface area contributed by atoms with Crippen LogP contribution in [0.4, 0.5) is 0 Å². The van der Waals surface area contributed by atoms with E-state index in [2.05, 4.69) is 5.32 Å². The van der Waals surface area contributed by atoms with E-state index >= 15 is 0 Å². The van der Waals surface area contributed by atoms with Crippen molar-refractivity contribution in [2.24, 2.45) is 0 Å². The van der Waals surface area contributed by atoms with Crippen molar-refractivity contribution < 1.29 is 14.3 Å². The molecular weight excluding hydrogens is 290 g/mol. The highest BCUT2D eigenvalue weighted by Gasteiger charge is 2.30. The summed E-state index contributed by atoms with van der Waals surface area (Å²) in [7, 11) is 0. The summed E-state index contributed by atoms with van der Waals surface area (Å²) in [6.07, 6.45) is 0. The van der Waals surface area contributed by atoms with Gasteiger partial charge in [0.2, 0.25) is 12.7 Å². The highest BCUT2D eigenvalue weighted by Crippen LogP contribution is 2.34. The second-order valence-electron chi connectivity index (χ2n) is 6.30. The number of rotatable bonds is 4. The van der Waals surface area contributed by atoms with Crippen molar-refractivity contribution >= 4 is 5.91 Å². The fourth-order valence-electron chi connectivity index (χ4n) is 2.63. The Morgan fingerprint density at radius 3 is 2.52 bits per heavy atom. The van der Waals surface area contributed by atoms with E-state index in [9.17, 15) is 4.79 Å². The normalized spacial score (nSPS) is 14.4. The molecule has 2 aromatic carbocycles. The molecular formula is C19H21NO3. The van der Waals surface area contributed by atoms with Crippen molar-refractivity contribution in [3.8, 4) is 11.5 Å². The predicted molar refractivity (Wildman–Crippen MR) is 88.6 cm³/mol. The van der Waals surface area contributed by atoms with E-state index < -0.39 is 5.41 Å². The second kappa shape index (κ2) is 5.95. The number of ether oxygens (including phenoxy) is 2. The first-order valence-electron chi connectivity index (χ1n) is 7.74. The lowest BCUT2D eigenvalue weighted by Gasteiger charge is -2.26. The lowest BCUT2D eigenvalue weighted by molar-refractivity contribution is -0.126. The molecule has 23 heavy (non-hydrogen) atoms. The van der Waals surface area contributed by atoms with Gasteiger partial charge < -0.3 is 14.8 Å². The smallest absolute Gasteiger partial charge is 0.231 e. The molecule has 2 aromatic rings. The second-order valence-corrected chi connectivity index (χ2v) is 6.30. The Morgan fingerprint density at radius 2 is 1.78 bits per heavy atom. The molecule has 1 unspecified atom stereocenters. The van der Waals surface area contributed by atoms with Crippen molar-refractivity contribution in [1.82, 2.24) is 5.32 Å². The average Bonchev–Trinajstić information content (AvgIpc) is 3.03. The maximum absolute atomic E-state index is 12.7. The average molecular weight is 311 g/mol. The van der Waals surface area contributed by atoms with Gasteiger partial charge in [-0.05, 0) is 44.0 Å². The minimum Gasteiger partial charge on any atom is -0.454 e. The Balaban J connectivity index is 1.74. The van der Waals surface area contributed by atoms with E-state index in [0.29, 0.717) is 0 Å². The van der Waals surface area contributed by atoms with Crippen LogP contribution in [0.25, 0.3) is 0 Å². The van der Waals surface area contributed by atoms with Crippen LogP contribution in [-0.4, -0.2) is 12.7 Å². The third-order valence-electron chi connectivity index (χ3n) is 4.31. The number of carbonyl (C=O) groups is 1. The number of fused-ring (bicyclic) bond motifs is 1. The van der Waals surface area contributed by atoms with E-state index in [1.165, 1.54) is 0 Å². The number of benzene rings is 2. The molecule has 0 radical (unpaired) electrons. The molecule has 1 aliphatic rings. The molecule has 1 aliphatic heterocycles. The minimum absolute atomic E-state index is 0.00568. The lowest BCUT2D eigenvalue weighted by Crippen LogP contribution is -2.41. The monoisotopic (exact) mass is 311 g/mol. The lowest BCUT2D eigenvalue weighted by atomic mass is 9.83. The molecule has 1 heterocycles. The SMILES string of the molecule is CC(NC(=O)C(C)(C)c1ccccc1)c1ccc2c(c1)OCO2. The van der Waals surface area contributed by atoms with Crippen LogP contribution < -0.4 is 14.8 Å². The molecule has 120 valence electrons. The molecule has 0 saturated heterocycles. The summed E-state index contributed by atoms with van der Waals surface area (Å²) in [5, 5.41) is 3.09. The van der Waals surface area contributed by atoms with Crippen molar-refractivity contribution in [3.05, 3.63) is 59.7 Å². The maximum atomic E-state index is 12.7. The Kier molecular flexibility index (Phi) is 3.99. The summed E-state index contributed by atoms with van der Waals surface area (Å²) in [4.78, 5) is 12.7. The molecule has 0 spiro atoms. The van der Waals surface area contributed by atoms with Crippen LogP contribution in [0.15, 0.2) is 48.5 Å². The van der Waals surface area contributed by atoms with Crippen molar-refractivity contribution in [2.75, 3.05) is 6.79 Å². The number of nitrogens with one attached hydrogen (secondary N) is 1.